The van der Waals surface area contributed by atoms with Crippen LogP contribution in [0, 0.1) is 0 Å². The Morgan fingerprint density at radius 1 is 1.39 bits per heavy atom. The van der Waals surface area contributed by atoms with Crippen LogP contribution in [-0.4, -0.2) is 34.9 Å². The Bertz CT molecular complexity index is 667. The molecule has 8 heteroatoms. The van der Waals surface area contributed by atoms with E-state index in [2.05, 4.69) is 4.98 Å². The smallest absolute Gasteiger partial charge is 0.239 e. The number of amides is 1. The van der Waals surface area contributed by atoms with Gasteiger partial charge in [0.05, 0.1) is 6.04 Å². The van der Waals surface area contributed by atoms with Crippen molar-refractivity contribution in [3.05, 3.63) is 29.1 Å². The van der Waals surface area contributed by atoms with E-state index >= 15 is 0 Å². The largest absolute Gasteiger partial charge is 0.440 e. The van der Waals surface area contributed by atoms with E-state index < -0.39 is 6.04 Å². The number of fused-ring (bicyclic) bond motifs is 1. The second-order valence-corrected chi connectivity index (χ2v) is 5.99. The highest BCUT2D eigenvalue weighted by Crippen LogP contribution is 2.30. The summed E-state index contributed by atoms with van der Waals surface area (Å²) in [6, 6.07) is 5.00. The number of benzene rings is 1. The number of nitrogens with two attached hydrogens (primary N) is 1. The second kappa shape index (κ2) is 8.20. The molecule has 2 N–H and O–H groups in total. The van der Waals surface area contributed by atoms with Crippen molar-refractivity contribution in [3.8, 4) is 0 Å². The molecule has 128 valence electrons. The summed E-state index contributed by atoms with van der Waals surface area (Å²) in [5, 5.41) is 0.652. The van der Waals surface area contributed by atoms with Gasteiger partial charge >= 0.3 is 0 Å². The zero-order valence-electron chi connectivity index (χ0n) is 12.7. The number of nitrogens with zero attached hydrogens (tertiary/aromatic N) is 2. The second-order valence-electron chi connectivity index (χ2n) is 5.55. The highest BCUT2D eigenvalue weighted by atomic mass is 35.5. The zero-order valence-corrected chi connectivity index (χ0v) is 15.1. The van der Waals surface area contributed by atoms with Crippen LogP contribution in [0.3, 0.4) is 0 Å². The van der Waals surface area contributed by atoms with Gasteiger partial charge < -0.3 is 15.1 Å². The van der Waals surface area contributed by atoms with Crippen LogP contribution in [0.2, 0.25) is 5.02 Å². The molecular weight excluding hydrogens is 361 g/mol. The quantitative estimate of drug-likeness (QED) is 0.867. The van der Waals surface area contributed by atoms with E-state index in [1.165, 1.54) is 0 Å². The Hall–Kier alpha value is -1.01. The van der Waals surface area contributed by atoms with Crippen molar-refractivity contribution in [1.82, 2.24) is 9.88 Å². The fraction of sp³-hybridized carbons (Fsp3) is 0.467. The fourth-order valence-electron chi connectivity index (χ4n) is 2.73. The van der Waals surface area contributed by atoms with E-state index in [4.69, 9.17) is 21.8 Å². The molecule has 0 saturated carbocycles. The van der Waals surface area contributed by atoms with Gasteiger partial charge in [0.1, 0.15) is 5.52 Å². The molecule has 1 aliphatic heterocycles. The third-order valence-electron chi connectivity index (χ3n) is 3.91. The summed E-state index contributed by atoms with van der Waals surface area (Å²) < 4.78 is 5.81. The number of piperidine rings is 1. The van der Waals surface area contributed by atoms with E-state index in [-0.39, 0.29) is 36.6 Å². The predicted molar refractivity (Wildman–Crippen MR) is 95.7 cm³/mol. The molecule has 1 fully saturated rings. The number of halogens is 3. The molecule has 0 unspecified atom stereocenters. The summed E-state index contributed by atoms with van der Waals surface area (Å²) >= 11 is 5.96. The summed E-state index contributed by atoms with van der Waals surface area (Å²) in [6.45, 7) is 3.12. The summed E-state index contributed by atoms with van der Waals surface area (Å²) in [4.78, 5) is 18.2. The van der Waals surface area contributed by atoms with Crippen molar-refractivity contribution in [1.29, 1.82) is 0 Å². The number of rotatable bonds is 2. The Kier molecular flexibility index (Phi) is 7.14. The van der Waals surface area contributed by atoms with Gasteiger partial charge in [-0.25, -0.2) is 4.98 Å². The minimum atomic E-state index is -0.437. The Labute approximate surface area is 152 Å². The molecule has 1 atom stereocenters. The first-order valence-corrected chi connectivity index (χ1v) is 7.53. The number of oxazole rings is 1. The van der Waals surface area contributed by atoms with Gasteiger partial charge in [-0.3, -0.25) is 4.79 Å². The van der Waals surface area contributed by atoms with Gasteiger partial charge in [0.15, 0.2) is 11.5 Å². The van der Waals surface area contributed by atoms with Crippen molar-refractivity contribution in [2.45, 2.75) is 31.7 Å². The Morgan fingerprint density at radius 3 is 2.65 bits per heavy atom. The number of carbonyl (C=O) groups is 1. The van der Waals surface area contributed by atoms with Crippen molar-refractivity contribution in [2.75, 3.05) is 13.1 Å². The molecular formula is C15H20Cl3N3O2. The van der Waals surface area contributed by atoms with Crippen molar-refractivity contribution >= 4 is 53.4 Å². The summed E-state index contributed by atoms with van der Waals surface area (Å²) in [7, 11) is 0. The average Bonchev–Trinajstić information content (AvgIpc) is 2.89. The highest BCUT2D eigenvalue weighted by Gasteiger charge is 2.28. The molecule has 1 amide bonds. The van der Waals surface area contributed by atoms with Crippen molar-refractivity contribution < 1.29 is 9.21 Å². The van der Waals surface area contributed by atoms with Gasteiger partial charge in [-0.05, 0) is 38.0 Å². The highest BCUT2D eigenvalue weighted by molar-refractivity contribution is 6.31. The lowest BCUT2D eigenvalue weighted by atomic mass is 9.96. The summed E-state index contributed by atoms with van der Waals surface area (Å²) in [6.07, 6.45) is 1.69. The molecule has 0 aliphatic carbocycles. The minimum Gasteiger partial charge on any atom is -0.440 e. The molecule has 1 aliphatic rings. The molecule has 23 heavy (non-hydrogen) atoms. The van der Waals surface area contributed by atoms with Crippen molar-refractivity contribution in [2.24, 2.45) is 5.73 Å². The van der Waals surface area contributed by atoms with Crippen LogP contribution >= 0.6 is 36.4 Å². The Morgan fingerprint density at radius 2 is 2.04 bits per heavy atom. The maximum absolute atomic E-state index is 11.9. The molecule has 0 spiro atoms. The normalized spacial score (nSPS) is 16.6. The average molecular weight is 381 g/mol. The maximum atomic E-state index is 11.9. The maximum Gasteiger partial charge on any atom is 0.239 e. The van der Waals surface area contributed by atoms with Gasteiger partial charge in [0, 0.05) is 24.0 Å². The van der Waals surface area contributed by atoms with Crippen molar-refractivity contribution in [3.63, 3.8) is 0 Å². The van der Waals surface area contributed by atoms with Gasteiger partial charge in [-0.15, -0.1) is 24.8 Å². The lowest BCUT2D eigenvalue weighted by Crippen LogP contribution is -2.45. The molecule has 0 radical (unpaired) electrons. The lowest BCUT2D eigenvalue weighted by Gasteiger charge is -2.31. The molecule has 2 heterocycles. The monoisotopic (exact) mass is 379 g/mol. The summed E-state index contributed by atoms with van der Waals surface area (Å²) in [5.41, 5.74) is 7.18. The molecule has 2 aromatic rings. The fourth-order valence-corrected chi connectivity index (χ4v) is 2.89. The zero-order chi connectivity index (χ0) is 15.0. The predicted octanol–water partition coefficient (Wildman–Crippen LogP) is 3.38. The molecule has 0 bridgehead atoms. The first-order chi connectivity index (χ1) is 10.0. The van der Waals surface area contributed by atoms with Crippen LogP contribution < -0.4 is 5.73 Å². The van der Waals surface area contributed by atoms with Crippen LogP contribution in [0.25, 0.3) is 11.1 Å². The number of hydrogen-bond donors (Lipinski definition) is 1. The molecule has 1 aromatic heterocycles. The van der Waals surface area contributed by atoms with Gasteiger partial charge in [-0.2, -0.15) is 0 Å². The van der Waals surface area contributed by atoms with Crippen LogP contribution in [0.5, 0.6) is 0 Å². The molecule has 5 nitrogen and oxygen atoms in total. The van der Waals surface area contributed by atoms with Gasteiger partial charge in [-0.1, -0.05) is 11.6 Å². The van der Waals surface area contributed by atoms with Gasteiger partial charge in [0.25, 0.3) is 0 Å². The molecule has 3 rings (SSSR count). The van der Waals surface area contributed by atoms with E-state index in [9.17, 15) is 4.79 Å². The number of likely N-dealkylation sites (tertiary alicyclic amines) is 1. The first-order valence-electron chi connectivity index (χ1n) is 7.15. The van der Waals surface area contributed by atoms with Crippen LogP contribution in [0.4, 0.5) is 0 Å². The standard InChI is InChI=1S/C15H18ClN3O2.2ClH/c1-9(17)15(20)19-6-4-10(5-7-19)14-18-12-8-11(16)2-3-13(12)21-14;;/h2-3,8-10H,4-7,17H2,1H3;2*1H/t9-;;/m1../s1. The van der Waals surface area contributed by atoms with E-state index in [0.29, 0.717) is 18.1 Å². The van der Waals surface area contributed by atoms with E-state index in [1.807, 2.05) is 11.0 Å². The molecule has 1 saturated heterocycles. The SMILES string of the molecule is C[C@@H](N)C(=O)N1CCC(c2nc3cc(Cl)ccc3o2)CC1.Cl.Cl. The number of aromatic nitrogens is 1. The number of carbonyl (C=O) groups excluding carboxylic acids is 1. The first kappa shape index (κ1) is 20.0. The third-order valence-corrected chi connectivity index (χ3v) is 4.15. The molecule has 1 aromatic carbocycles. The van der Waals surface area contributed by atoms with E-state index in [0.717, 1.165) is 29.8 Å². The lowest BCUT2D eigenvalue weighted by molar-refractivity contribution is -0.133. The van der Waals surface area contributed by atoms with Gasteiger partial charge in [0.2, 0.25) is 5.91 Å². The van der Waals surface area contributed by atoms with E-state index in [1.54, 1.807) is 19.1 Å². The minimum absolute atomic E-state index is 0. The van der Waals surface area contributed by atoms with Crippen LogP contribution in [0.1, 0.15) is 31.6 Å². The topological polar surface area (TPSA) is 72.4 Å². The van der Waals surface area contributed by atoms with Crippen LogP contribution in [-0.2, 0) is 4.79 Å². The number of hydrogen-bond acceptors (Lipinski definition) is 4. The summed E-state index contributed by atoms with van der Waals surface area (Å²) in [5.74, 6) is 0.992. The third kappa shape index (κ3) is 4.29. The van der Waals surface area contributed by atoms with Crippen LogP contribution in [0.15, 0.2) is 22.6 Å². The Balaban J connectivity index is 0.00000132.